The highest BCUT2D eigenvalue weighted by molar-refractivity contribution is 7.99. The van der Waals surface area contributed by atoms with Crippen molar-refractivity contribution >= 4 is 40.8 Å². The number of anilines is 3. The number of nitrogens with two attached hydrogens (primary N) is 3. The van der Waals surface area contributed by atoms with Crippen molar-refractivity contribution in [2.45, 2.75) is 48.3 Å². The first-order valence-electron chi connectivity index (χ1n) is 9.70. The summed E-state index contributed by atoms with van der Waals surface area (Å²) in [6.07, 6.45) is 5.75. The van der Waals surface area contributed by atoms with Gasteiger partial charge in [0.1, 0.15) is 16.7 Å². The Hall–Kier alpha value is -1.81. The van der Waals surface area contributed by atoms with Crippen LogP contribution < -0.4 is 22.1 Å². The SMILES string of the molecule is CC1CC2(CCN(c3cnc(Sc4ccnc(N)c4Cl)c(N)n3)CC2)C(N)C1O. The van der Waals surface area contributed by atoms with Gasteiger partial charge in [-0.1, -0.05) is 30.3 Å². The van der Waals surface area contributed by atoms with Crippen molar-refractivity contribution in [3.05, 3.63) is 23.5 Å². The van der Waals surface area contributed by atoms with Crippen LogP contribution in [0.1, 0.15) is 26.2 Å². The van der Waals surface area contributed by atoms with Gasteiger partial charge in [-0.3, -0.25) is 0 Å². The predicted molar refractivity (Wildman–Crippen MR) is 116 cm³/mol. The zero-order chi connectivity index (χ0) is 20.8. The van der Waals surface area contributed by atoms with Crippen LogP contribution in [0.5, 0.6) is 0 Å². The van der Waals surface area contributed by atoms with Gasteiger partial charge in [-0.25, -0.2) is 15.0 Å². The van der Waals surface area contributed by atoms with E-state index in [2.05, 4.69) is 26.8 Å². The number of nitrogen functional groups attached to an aromatic ring is 2. The molecule has 156 valence electrons. The molecule has 4 rings (SSSR count). The number of piperidine rings is 1. The molecule has 1 saturated carbocycles. The number of aromatic nitrogens is 3. The molecule has 1 aliphatic carbocycles. The van der Waals surface area contributed by atoms with E-state index in [9.17, 15) is 5.11 Å². The Balaban J connectivity index is 1.46. The van der Waals surface area contributed by atoms with Gasteiger partial charge in [0.05, 0.1) is 17.3 Å². The minimum atomic E-state index is -0.414. The highest BCUT2D eigenvalue weighted by Gasteiger charge is 2.50. The fourth-order valence-corrected chi connectivity index (χ4v) is 5.59. The van der Waals surface area contributed by atoms with Crippen LogP contribution >= 0.6 is 23.4 Å². The fourth-order valence-electron chi connectivity index (χ4n) is 4.57. The van der Waals surface area contributed by atoms with Crippen LogP contribution in [0.3, 0.4) is 0 Å². The third kappa shape index (κ3) is 3.72. The first kappa shape index (κ1) is 20.5. The van der Waals surface area contributed by atoms with E-state index in [1.54, 1.807) is 18.5 Å². The van der Waals surface area contributed by atoms with Crippen molar-refractivity contribution in [1.82, 2.24) is 15.0 Å². The number of nitrogens with zero attached hydrogens (tertiary/aromatic N) is 4. The number of aliphatic hydroxyl groups is 1. The number of aliphatic hydroxyl groups excluding tert-OH is 1. The van der Waals surface area contributed by atoms with Crippen molar-refractivity contribution < 1.29 is 5.11 Å². The Morgan fingerprint density at radius 3 is 2.59 bits per heavy atom. The van der Waals surface area contributed by atoms with Crippen LogP contribution in [0, 0.1) is 11.3 Å². The number of halogens is 1. The molecular formula is C19H26ClN7OS. The molecule has 3 heterocycles. The minimum absolute atomic E-state index is 0.0160. The zero-order valence-corrected chi connectivity index (χ0v) is 17.8. The standard InChI is InChI=1S/C19H26ClN7OS/c1-10-8-19(15(21)14(10)28)3-6-27(7-4-19)12-9-25-18(17(23)26-12)29-11-2-5-24-16(22)13(11)20/h2,5,9-10,14-15,28H,3-4,6-8,21H2,1H3,(H2,22,24)(H2,23,26). The lowest BCUT2D eigenvalue weighted by Crippen LogP contribution is -2.50. The van der Waals surface area contributed by atoms with Crippen LogP contribution in [0.4, 0.5) is 17.5 Å². The average Bonchev–Trinajstić information content (AvgIpc) is 2.91. The van der Waals surface area contributed by atoms with E-state index < -0.39 is 6.10 Å². The van der Waals surface area contributed by atoms with Crippen molar-refractivity contribution in [3.63, 3.8) is 0 Å². The van der Waals surface area contributed by atoms with E-state index in [4.69, 9.17) is 28.8 Å². The first-order valence-corrected chi connectivity index (χ1v) is 10.9. The lowest BCUT2D eigenvalue weighted by molar-refractivity contribution is 0.0996. The summed E-state index contributed by atoms with van der Waals surface area (Å²) in [5.74, 6) is 1.62. The van der Waals surface area contributed by atoms with Crippen molar-refractivity contribution in [2.75, 3.05) is 29.5 Å². The van der Waals surface area contributed by atoms with Crippen molar-refractivity contribution in [1.29, 1.82) is 0 Å². The fraction of sp³-hybridized carbons (Fsp3) is 0.526. The van der Waals surface area contributed by atoms with Crippen molar-refractivity contribution in [2.24, 2.45) is 17.1 Å². The highest BCUT2D eigenvalue weighted by Crippen LogP contribution is 2.48. The summed E-state index contributed by atoms with van der Waals surface area (Å²) in [7, 11) is 0. The molecule has 2 aliphatic rings. The molecule has 0 radical (unpaired) electrons. The Morgan fingerprint density at radius 2 is 1.97 bits per heavy atom. The van der Waals surface area contributed by atoms with Crippen LogP contribution in [0.15, 0.2) is 28.4 Å². The molecule has 3 unspecified atom stereocenters. The number of pyridine rings is 1. The Bertz CT molecular complexity index is 906. The van der Waals surface area contributed by atoms with Gasteiger partial charge in [0.2, 0.25) is 0 Å². The van der Waals surface area contributed by atoms with E-state index in [-0.39, 0.29) is 23.2 Å². The minimum Gasteiger partial charge on any atom is -0.391 e. The second-order valence-electron chi connectivity index (χ2n) is 8.08. The maximum atomic E-state index is 10.3. The Kier molecular flexibility index (Phi) is 5.50. The van der Waals surface area contributed by atoms with Crippen LogP contribution in [0.25, 0.3) is 0 Å². The monoisotopic (exact) mass is 435 g/mol. The number of hydrogen-bond donors (Lipinski definition) is 4. The van der Waals surface area contributed by atoms with Crippen molar-refractivity contribution in [3.8, 4) is 0 Å². The van der Waals surface area contributed by atoms with Crippen LogP contribution in [-0.2, 0) is 0 Å². The first-order chi connectivity index (χ1) is 13.8. The maximum Gasteiger partial charge on any atom is 0.158 e. The largest absolute Gasteiger partial charge is 0.391 e. The molecule has 2 fully saturated rings. The lowest BCUT2D eigenvalue weighted by atomic mass is 9.74. The molecule has 10 heteroatoms. The molecule has 3 atom stereocenters. The van der Waals surface area contributed by atoms with E-state index in [1.807, 2.05) is 0 Å². The van der Waals surface area contributed by atoms with E-state index in [1.165, 1.54) is 11.8 Å². The van der Waals surface area contributed by atoms with Gasteiger partial charge in [-0.15, -0.1) is 0 Å². The summed E-state index contributed by atoms with van der Waals surface area (Å²) in [6, 6.07) is 1.61. The molecule has 2 aromatic rings. The zero-order valence-electron chi connectivity index (χ0n) is 16.3. The molecule has 8 nitrogen and oxygen atoms in total. The molecule has 0 bridgehead atoms. The van der Waals surface area contributed by atoms with E-state index >= 15 is 0 Å². The Labute approximate surface area is 179 Å². The van der Waals surface area contributed by atoms with Gasteiger partial charge in [-0.2, -0.15) is 0 Å². The van der Waals surface area contributed by atoms with Gasteiger partial charge in [0.15, 0.2) is 5.82 Å². The van der Waals surface area contributed by atoms with Gasteiger partial charge in [0, 0.05) is 30.2 Å². The third-order valence-electron chi connectivity index (χ3n) is 6.31. The summed E-state index contributed by atoms with van der Waals surface area (Å²) in [5.41, 5.74) is 18.3. The van der Waals surface area contributed by atoms with Gasteiger partial charge in [0.25, 0.3) is 0 Å². The molecule has 0 aromatic carbocycles. The number of hydrogen-bond acceptors (Lipinski definition) is 9. The second kappa shape index (κ2) is 7.79. The van der Waals surface area contributed by atoms with Crippen LogP contribution in [0.2, 0.25) is 5.02 Å². The molecule has 1 saturated heterocycles. The summed E-state index contributed by atoms with van der Waals surface area (Å²) in [4.78, 5) is 15.9. The average molecular weight is 436 g/mol. The molecule has 1 spiro atoms. The summed E-state index contributed by atoms with van der Waals surface area (Å²) < 4.78 is 0. The summed E-state index contributed by atoms with van der Waals surface area (Å²) >= 11 is 7.52. The summed E-state index contributed by atoms with van der Waals surface area (Å²) in [6.45, 7) is 3.72. The number of rotatable bonds is 3. The summed E-state index contributed by atoms with van der Waals surface area (Å²) in [5, 5.41) is 11.2. The topological polar surface area (TPSA) is 140 Å². The molecule has 29 heavy (non-hydrogen) atoms. The molecular weight excluding hydrogens is 410 g/mol. The molecule has 7 N–H and O–H groups in total. The molecule has 2 aromatic heterocycles. The maximum absolute atomic E-state index is 10.3. The molecule has 0 amide bonds. The third-order valence-corrected chi connectivity index (χ3v) is 7.89. The van der Waals surface area contributed by atoms with Gasteiger partial charge < -0.3 is 27.2 Å². The molecule has 1 aliphatic heterocycles. The van der Waals surface area contributed by atoms with Gasteiger partial charge in [-0.05, 0) is 36.7 Å². The highest BCUT2D eigenvalue weighted by atomic mass is 35.5. The normalized spacial score (nSPS) is 26.2. The smallest absolute Gasteiger partial charge is 0.158 e. The second-order valence-corrected chi connectivity index (χ2v) is 9.48. The van der Waals surface area contributed by atoms with Gasteiger partial charge >= 0.3 is 0 Å². The van der Waals surface area contributed by atoms with Crippen LogP contribution in [-0.4, -0.2) is 45.3 Å². The Morgan fingerprint density at radius 1 is 1.24 bits per heavy atom. The quantitative estimate of drug-likeness (QED) is 0.570. The predicted octanol–water partition coefficient (Wildman–Crippen LogP) is 2.16. The van der Waals surface area contributed by atoms with E-state index in [0.717, 1.165) is 43.1 Å². The lowest BCUT2D eigenvalue weighted by Gasteiger charge is -2.42. The van der Waals surface area contributed by atoms with E-state index in [0.29, 0.717) is 15.9 Å².